The van der Waals surface area contributed by atoms with Gasteiger partial charge in [-0.3, -0.25) is 0 Å². The average Bonchev–Trinajstić information content (AvgIpc) is 2.36. The molecule has 0 spiro atoms. The quantitative estimate of drug-likeness (QED) is 0.770. The summed E-state index contributed by atoms with van der Waals surface area (Å²) in [5.74, 6) is 0. The van der Waals surface area contributed by atoms with Gasteiger partial charge >= 0.3 is 0 Å². The first-order valence-corrected chi connectivity index (χ1v) is 7.96. The molecule has 1 fully saturated rings. The molecule has 1 rings (SSSR count). The van der Waals surface area contributed by atoms with Crippen LogP contribution in [-0.2, 0) is 4.74 Å². The predicted molar refractivity (Wildman–Crippen MR) is 82.6 cm³/mol. The smallest absolute Gasteiger partial charge is 0.0472 e. The van der Waals surface area contributed by atoms with Crippen LogP contribution < -0.4 is 5.32 Å². The highest BCUT2D eigenvalue weighted by Gasteiger charge is 2.34. The van der Waals surface area contributed by atoms with E-state index >= 15 is 0 Å². The number of rotatable bonds is 7. The minimum atomic E-state index is 0.201. The van der Waals surface area contributed by atoms with E-state index in [1.165, 1.54) is 32.4 Å². The van der Waals surface area contributed by atoms with Crippen LogP contribution in [0.15, 0.2) is 0 Å². The molecule has 3 nitrogen and oxygen atoms in total. The molecule has 3 heteroatoms. The fraction of sp³-hybridized carbons (Fsp3) is 1.00. The number of hydrogen-bond acceptors (Lipinski definition) is 3. The Bertz CT molecular complexity index is 242. The maximum Gasteiger partial charge on any atom is 0.0472 e. The second-order valence-corrected chi connectivity index (χ2v) is 7.08. The molecule has 0 aromatic carbocycles. The summed E-state index contributed by atoms with van der Waals surface area (Å²) < 4.78 is 5.59. The van der Waals surface area contributed by atoms with Gasteiger partial charge in [0.25, 0.3) is 0 Å². The van der Waals surface area contributed by atoms with Gasteiger partial charge < -0.3 is 15.0 Å². The Hall–Kier alpha value is -0.120. The summed E-state index contributed by atoms with van der Waals surface area (Å²) in [7, 11) is 0. The van der Waals surface area contributed by atoms with Crippen molar-refractivity contribution in [2.45, 2.75) is 59.4 Å². The summed E-state index contributed by atoms with van der Waals surface area (Å²) in [4.78, 5) is 2.61. The molecule has 0 aromatic rings. The Labute approximate surface area is 120 Å². The van der Waals surface area contributed by atoms with Crippen molar-refractivity contribution in [3.05, 3.63) is 0 Å². The molecule has 0 atom stereocenters. The van der Waals surface area contributed by atoms with E-state index in [1.807, 2.05) is 0 Å². The molecule has 0 unspecified atom stereocenters. The minimum Gasteiger partial charge on any atom is -0.381 e. The van der Waals surface area contributed by atoms with Crippen molar-refractivity contribution in [1.29, 1.82) is 0 Å². The Morgan fingerprint density at radius 1 is 1.16 bits per heavy atom. The Morgan fingerprint density at radius 3 is 2.26 bits per heavy atom. The molecule has 0 radical (unpaired) electrons. The van der Waals surface area contributed by atoms with Gasteiger partial charge in [-0.2, -0.15) is 0 Å². The van der Waals surface area contributed by atoms with E-state index < -0.39 is 0 Å². The molecular formula is C16H34N2O. The van der Waals surface area contributed by atoms with Crippen molar-refractivity contribution in [3.63, 3.8) is 0 Å². The Kier molecular flexibility index (Phi) is 6.78. The summed E-state index contributed by atoms with van der Waals surface area (Å²) in [6, 6.07) is 0. The van der Waals surface area contributed by atoms with E-state index in [2.05, 4.69) is 44.8 Å². The second kappa shape index (κ2) is 7.61. The van der Waals surface area contributed by atoms with Gasteiger partial charge in [0.15, 0.2) is 0 Å². The van der Waals surface area contributed by atoms with Gasteiger partial charge in [-0.15, -0.1) is 0 Å². The van der Waals surface area contributed by atoms with Gasteiger partial charge in [-0.05, 0) is 58.5 Å². The van der Waals surface area contributed by atoms with Crippen LogP contribution in [0.3, 0.4) is 0 Å². The lowest BCUT2D eigenvalue weighted by Gasteiger charge is -2.42. The average molecular weight is 270 g/mol. The van der Waals surface area contributed by atoms with Crippen molar-refractivity contribution >= 4 is 0 Å². The summed E-state index contributed by atoms with van der Waals surface area (Å²) in [5, 5.41) is 3.72. The molecule has 1 heterocycles. The summed E-state index contributed by atoms with van der Waals surface area (Å²) in [6.45, 7) is 17.9. The van der Waals surface area contributed by atoms with Gasteiger partial charge in [0.2, 0.25) is 0 Å². The van der Waals surface area contributed by atoms with Crippen molar-refractivity contribution in [1.82, 2.24) is 10.2 Å². The molecule has 114 valence electrons. The summed E-state index contributed by atoms with van der Waals surface area (Å²) in [6.07, 6.45) is 3.62. The van der Waals surface area contributed by atoms with Crippen molar-refractivity contribution in [3.8, 4) is 0 Å². The molecule has 1 N–H and O–H groups in total. The first-order valence-electron chi connectivity index (χ1n) is 7.96. The highest BCUT2D eigenvalue weighted by molar-refractivity contribution is 4.89. The van der Waals surface area contributed by atoms with Crippen LogP contribution in [0.5, 0.6) is 0 Å². The zero-order valence-electron chi connectivity index (χ0n) is 13.7. The SMILES string of the molecule is CCCN(CC)CC1(CNC(C)(C)C)CCOCC1. The third-order valence-electron chi connectivity index (χ3n) is 4.09. The molecule has 1 aliphatic heterocycles. The van der Waals surface area contributed by atoms with Crippen molar-refractivity contribution < 1.29 is 4.74 Å². The van der Waals surface area contributed by atoms with Crippen LogP contribution in [0.2, 0.25) is 0 Å². The van der Waals surface area contributed by atoms with E-state index in [4.69, 9.17) is 4.74 Å². The molecule has 0 aliphatic carbocycles. The maximum atomic E-state index is 5.59. The van der Waals surface area contributed by atoms with Crippen LogP contribution in [0.25, 0.3) is 0 Å². The summed E-state index contributed by atoms with van der Waals surface area (Å²) >= 11 is 0. The maximum absolute atomic E-state index is 5.59. The number of hydrogen-bond donors (Lipinski definition) is 1. The molecule has 0 aromatic heterocycles. The fourth-order valence-corrected chi connectivity index (χ4v) is 2.79. The number of nitrogens with zero attached hydrogens (tertiary/aromatic N) is 1. The molecule has 1 saturated heterocycles. The van der Waals surface area contributed by atoms with Crippen LogP contribution in [0, 0.1) is 5.41 Å². The first-order chi connectivity index (χ1) is 8.91. The third-order valence-corrected chi connectivity index (χ3v) is 4.09. The van der Waals surface area contributed by atoms with E-state index in [-0.39, 0.29) is 5.54 Å². The highest BCUT2D eigenvalue weighted by Crippen LogP contribution is 2.31. The van der Waals surface area contributed by atoms with Gasteiger partial charge in [-0.1, -0.05) is 13.8 Å². The molecule has 19 heavy (non-hydrogen) atoms. The van der Waals surface area contributed by atoms with Crippen LogP contribution in [-0.4, -0.2) is 49.8 Å². The summed E-state index contributed by atoms with van der Waals surface area (Å²) in [5.41, 5.74) is 0.601. The van der Waals surface area contributed by atoms with Crippen molar-refractivity contribution in [2.24, 2.45) is 5.41 Å². The normalized spacial score (nSPS) is 19.9. The van der Waals surface area contributed by atoms with Gasteiger partial charge in [0, 0.05) is 31.8 Å². The highest BCUT2D eigenvalue weighted by atomic mass is 16.5. The zero-order valence-corrected chi connectivity index (χ0v) is 13.7. The van der Waals surface area contributed by atoms with Crippen molar-refractivity contribution in [2.75, 3.05) is 39.4 Å². The van der Waals surface area contributed by atoms with E-state index in [0.29, 0.717) is 5.41 Å². The van der Waals surface area contributed by atoms with Crippen LogP contribution in [0.4, 0.5) is 0 Å². The Balaban J connectivity index is 2.63. The van der Waals surface area contributed by atoms with Gasteiger partial charge in [0.05, 0.1) is 0 Å². The first kappa shape index (κ1) is 16.9. The Morgan fingerprint density at radius 2 is 1.79 bits per heavy atom. The molecule has 1 aliphatic rings. The topological polar surface area (TPSA) is 24.5 Å². The lowest BCUT2D eigenvalue weighted by molar-refractivity contribution is -0.00636. The second-order valence-electron chi connectivity index (χ2n) is 7.08. The number of nitrogens with one attached hydrogen (secondary N) is 1. The molecular weight excluding hydrogens is 236 g/mol. The molecule has 0 bridgehead atoms. The van der Waals surface area contributed by atoms with Gasteiger partial charge in [-0.25, -0.2) is 0 Å². The van der Waals surface area contributed by atoms with Crippen LogP contribution in [0.1, 0.15) is 53.9 Å². The van der Waals surface area contributed by atoms with E-state index in [0.717, 1.165) is 26.3 Å². The zero-order chi connectivity index (χ0) is 14.4. The monoisotopic (exact) mass is 270 g/mol. The fourth-order valence-electron chi connectivity index (χ4n) is 2.79. The van der Waals surface area contributed by atoms with E-state index in [9.17, 15) is 0 Å². The largest absolute Gasteiger partial charge is 0.381 e. The van der Waals surface area contributed by atoms with E-state index in [1.54, 1.807) is 0 Å². The minimum absolute atomic E-state index is 0.201. The van der Waals surface area contributed by atoms with Crippen LogP contribution >= 0.6 is 0 Å². The molecule has 0 saturated carbocycles. The lowest BCUT2D eigenvalue weighted by Crippen LogP contribution is -2.51. The predicted octanol–water partition coefficient (Wildman–Crippen LogP) is 2.90. The standard InChI is InChI=1S/C16H34N2O/c1-6-10-18(7-2)14-16(8-11-19-12-9-16)13-17-15(3,4)5/h17H,6-14H2,1-5H3. The third kappa shape index (κ3) is 6.24. The van der Waals surface area contributed by atoms with Gasteiger partial charge in [0.1, 0.15) is 0 Å². The number of ether oxygens (including phenoxy) is 1. The molecule has 0 amide bonds. The lowest BCUT2D eigenvalue weighted by atomic mass is 9.79.